The van der Waals surface area contributed by atoms with Gasteiger partial charge < -0.3 is 1.43 Å². The van der Waals surface area contributed by atoms with E-state index in [2.05, 4.69) is 364 Å². The van der Waals surface area contributed by atoms with Gasteiger partial charge in [0.25, 0.3) is 0 Å². The maximum atomic E-state index is 5.52. The number of pyridine rings is 4. The van der Waals surface area contributed by atoms with E-state index in [4.69, 9.17) is 57.6 Å². The quantitative estimate of drug-likeness (QED) is 0.0695. The topological polar surface area (TPSA) is 51.6 Å². The summed E-state index contributed by atoms with van der Waals surface area (Å²) in [6, 6.07) is 149. The Morgan fingerprint density at radius 1 is 0.246 bits per heavy atom. The van der Waals surface area contributed by atoms with Gasteiger partial charge in [0, 0.05) is 33.4 Å². The molecular formula is C105H71Cl4K3N4Pt2. The number of fused-ring (bicyclic) bond motifs is 8. The minimum atomic E-state index is -3.06. The van der Waals surface area contributed by atoms with Gasteiger partial charge in [-0.1, -0.05) is 299 Å². The zero-order valence-electron chi connectivity index (χ0n) is 65.0. The Labute approximate surface area is 811 Å². The predicted molar refractivity (Wildman–Crippen MR) is 495 cm³/mol. The molecule has 0 radical (unpaired) electrons. The summed E-state index contributed by atoms with van der Waals surface area (Å²) in [5.41, 5.74) is 19.7. The molecule has 20 rings (SSSR count). The largest absolute Gasteiger partial charge is 2.00 e. The van der Waals surface area contributed by atoms with E-state index in [1.807, 2.05) is 48.5 Å². The summed E-state index contributed by atoms with van der Waals surface area (Å²) in [4.78, 5) is 22.0. The summed E-state index contributed by atoms with van der Waals surface area (Å²) in [5, 5.41) is 18.8. The molecule has 13 heteroatoms. The van der Waals surface area contributed by atoms with E-state index in [0.29, 0.717) is 0 Å². The number of benzene rings is 16. The molecule has 0 aliphatic heterocycles. The second-order valence-corrected chi connectivity index (χ2v) is 47.2. The zero-order chi connectivity index (χ0) is 78.2. The van der Waals surface area contributed by atoms with Gasteiger partial charge in [0.2, 0.25) is 0 Å². The monoisotopic (exact) mass is 2030 g/mol. The number of halogens is 4. The molecular weight excluding hydrogens is 1970 g/mol. The Kier molecular flexibility index (Phi) is 30.3. The van der Waals surface area contributed by atoms with Gasteiger partial charge in [-0.05, 0) is 180 Å². The summed E-state index contributed by atoms with van der Waals surface area (Å²) in [7, 11) is 20.0. The van der Waals surface area contributed by atoms with Crippen LogP contribution in [0.1, 0.15) is 53.9 Å². The van der Waals surface area contributed by atoms with Gasteiger partial charge in [-0.25, -0.2) is 9.97 Å². The Hall–Kier alpha value is -6.87. The summed E-state index contributed by atoms with van der Waals surface area (Å²) in [6.45, 7) is 0. The summed E-state index contributed by atoms with van der Waals surface area (Å²) in [5.74, 6) is 0. The third kappa shape index (κ3) is 19.3. The molecule has 0 amide bonds. The molecule has 4 nitrogen and oxygen atoms in total. The fourth-order valence-corrected chi connectivity index (χ4v) is 15.9. The van der Waals surface area contributed by atoms with E-state index in [-0.39, 0.29) is 81.3 Å². The van der Waals surface area contributed by atoms with Crippen LogP contribution in [0.15, 0.2) is 400 Å². The zero-order valence-corrected chi connectivity index (χ0v) is 81.0. The van der Waals surface area contributed by atoms with Gasteiger partial charge in [-0.3, -0.25) is 9.97 Å². The van der Waals surface area contributed by atoms with E-state index in [9.17, 15) is 0 Å². The van der Waals surface area contributed by atoms with Crippen molar-refractivity contribution < 1.29 is 85.8 Å². The Morgan fingerprint density at radius 3 is 0.678 bits per heavy atom. The van der Waals surface area contributed by atoms with Crippen molar-refractivity contribution in [3.05, 3.63) is 458 Å². The maximum absolute atomic E-state index is 5.52. The van der Waals surface area contributed by atoms with Crippen LogP contribution in [-0.2, 0) is 33.0 Å². The van der Waals surface area contributed by atoms with Crippen LogP contribution >= 0.6 is 37.7 Å². The van der Waals surface area contributed by atoms with Crippen LogP contribution in [0, 0.1) is 12.1 Å². The molecule has 0 aliphatic carbocycles. The molecule has 0 spiro atoms. The molecule has 0 aliphatic rings. The molecule has 562 valence electrons. The van der Waals surface area contributed by atoms with Crippen LogP contribution in [-0.4, -0.2) is 83.1 Å². The number of aromatic nitrogens is 4. The van der Waals surface area contributed by atoms with Gasteiger partial charge in [0.15, 0.2) is 0 Å². The smallest absolute Gasteiger partial charge is 0.296 e. The first kappa shape index (κ1) is 87.5. The summed E-state index contributed by atoms with van der Waals surface area (Å²) >= 11 is -0.556. The SMILES string of the molecule is C.[Cl][Pt]([Cl])([Cl])[Cl].[H-].[K+].[K][K].[Pt+2].[c-]1ccccc1-c1cccc(C(=C(c2c3ccccc3cc3ccccc23)c2c3ccccc3cc3ccccc23)c2cccc(-c3[c-]cccc3)n2)n1.c1ccc(-c2cccc(C(=C(c3c4ccccc4cc4ccccc34)c3c4ccccc4cc4ccccc34)c3cccc(-c4ccccc4)n3)n2)cc1. The first-order chi connectivity index (χ1) is 56.6. The Bertz CT molecular complexity index is 6030. The minimum absolute atomic E-state index is 0. The third-order valence-electron chi connectivity index (χ3n) is 20.7. The molecule has 0 unspecified atom stereocenters. The van der Waals surface area contributed by atoms with Crippen molar-refractivity contribution in [3.63, 3.8) is 0 Å². The fourth-order valence-electron chi connectivity index (χ4n) is 15.9. The van der Waals surface area contributed by atoms with Crippen molar-refractivity contribution in [3.8, 4) is 45.0 Å². The number of nitrogens with zero attached hydrogens (tertiary/aromatic N) is 4. The van der Waals surface area contributed by atoms with Crippen molar-refractivity contribution in [2.24, 2.45) is 0 Å². The fraction of sp³-hybridized carbons (Fsp3) is 0.00952. The third-order valence-corrected chi connectivity index (χ3v) is 20.7. The van der Waals surface area contributed by atoms with E-state index in [0.717, 1.165) is 101 Å². The molecule has 0 fully saturated rings. The van der Waals surface area contributed by atoms with Crippen LogP contribution in [0.4, 0.5) is 0 Å². The van der Waals surface area contributed by atoms with Gasteiger partial charge in [-0.15, -0.1) is 71.8 Å². The van der Waals surface area contributed by atoms with Crippen LogP contribution in [0.5, 0.6) is 0 Å². The van der Waals surface area contributed by atoms with E-state index >= 15 is 0 Å². The van der Waals surface area contributed by atoms with Crippen LogP contribution in [0.25, 0.3) is 154 Å². The molecule has 118 heavy (non-hydrogen) atoms. The molecule has 0 saturated carbocycles. The van der Waals surface area contributed by atoms with Crippen molar-refractivity contribution in [2.45, 2.75) is 7.43 Å². The average Bonchev–Trinajstić information content (AvgIpc) is 0.726. The van der Waals surface area contributed by atoms with E-state index in [1.165, 1.54) is 160 Å². The van der Waals surface area contributed by atoms with Crippen LogP contribution < -0.4 is 51.4 Å². The van der Waals surface area contributed by atoms with Crippen molar-refractivity contribution >= 4 is 209 Å². The molecule has 20 aromatic rings. The minimum Gasteiger partial charge on any atom is -0.296 e. The summed E-state index contributed by atoms with van der Waals surface area (Å²) < 4.78 is 0. The van der Waals surface area contributed by atoms with Gasteiger partial charge in [0.1, 0.15) is 0 Å². The first-order valence-electron chi connectivity index (χ1n) is 38.1. The maximum Gasteiger partial charge on any atom is 2.00 e. The molecule has 4 heterocycles. The summed E-state index contributed by atoms with van der Waals surface area (Å²) in [6.07, 6.45) is 0. The van der Waals surface area contributed by atoms with Gasteiger partial charge in [0.05, 0.1) is 34.2 Å². The molecule has 16 aromatic carbocycles. The molecule has 0 bridgehead atoms. The first-order valence-corrected chi connectivity index (χ1v) is 65.4. The normalized spacial score (nSPS) is 11.1. The van der Waals surface area contributed by atoms with Crippen LogP contribution in [0.2, 0.25) is 0 Å². The van der Waals surface area contributed by atoms with Crippen LogP contribution in [0.3, 0.4) is 0 Å². The standard InChI is InChI=1S/C52H34N2.C52H32N2.CH4.4ClH.3K.2Pt.H/c2*1-3-17-35(18-4-1)45-29-15-31-47(53-45)51(48-32-16-30-46(54-48)36-19-5-2-6-20-36)52(49-41-25-11-7-21-37(41)33-38-22-8-12-26-42(38)49)50-43-27-13-9-23-39(43)34-40-24-10-14-28-44(40)50;;;;;;;;;;;/h1-34H;1-17,19,21-34H;1H4;4*1H;;;;;;/q;-2;;;;;;;;+1;+2;+4;-1/p-4. The van der Waals surface area contributed by atoms with Gasteiger partial charge >= 0.3 is 185 Å². The average molecular weight is 2040 g/mol. The molecule has 0 atom stereocenters. The van der Waals surface area contributed by atoms with Crippen molar-refractivity contribution in [1.82, 2.24) is 19.9 Å². The van der Waals surface area contributed by atoms with Crippen molar-refractivity contribution in [1.29, 1.82) is 0 Å². The number of hydrogen-bond donors (Lipinski definition) is 0. The second kappa shape index (κ2) is 40.9. The molecule has 0 saturated heterocycles. The van der Waals surface area contributed by atoms with Gasteiger partial charge in [-0.2, -0.15) is 0 Å². The van der Waals surface area contributed by atoms with Crippen molar-refractivity contribution in [2.75, 3.05) is 0 Å². The second-order valence-electron chi connectivity index (χ2n) is 27.5. The van der Waals surface area contributed by atoms with E-state index in [1.54, 1.807) is 0 Å². The van der Waals surface area contributed by atoms with E-state index < -0.39 is 11.9 Å². The molecule has 0 N–H and O–H groups in total. The Morgan fingerprint density at radius 2 is 0.449 bits per heavy atom. The predicted octanol–water partition coefficient (Wildman–Crippen LogP) is 26.2. The number of hydrogen-bond acceptors (Lipinski definition) is 4. The molecule has 4 aromatic heterocycles. The number of rotatable bonds is 12. The Balaban J connectivity index is 0.000000185.